The van der Waals surface area contributed by atoms with Crippen LogP contribution < -0.4 is 18.9 Å². The van der Waals surface area contributed by atoms with Gasteiger partial charge in [-0.2, -0.15) is 0 Å². The van der Waals surface area contributed by atoms with E-state index in [-0.39, 0.29) is 50.4 Å². The van der Waals surface area contributed by atoms with Crippen LogP contribution in [0.15, 0.2) is 119 Å². The molecule has 1 aliphatic heterocycles. The Hall–Kier alpha value is -5.80. The SMILES string of the molecule is CCOc1ccc(C2=NC(=Nc3c(-c4ccc(OCCOCCO)cc4)cc(-c4ccc(OCC)cc4)n3B(F)F)C(c3ccc(OCCOCCO)cc3)=C2)cc1. The molecular weight excluding hydrogens is 747 g/mol. The van der Waals surface area contributed by atoms with Gasteiger partial charge in [0.1, 0.15) is 42.0 Å². The van der Waals surface area contributed by atoms with Gasteiger partial charge in [0.25, 0.3) is 0 Å². The molecule has 6 rings (SSSR count). The summed E-state index contributed by atoms with van der Waals surface area (Å²) in [6, 6.07) is 30.7. The number of hydrogen-bond donors (Lipinski definition) is 2. The highest BCUT2D eigenvalue weighted by molar-refractivity contribution is 6.43. The molecule has 0 saturated heterocycles. The first-order valence-electron chi connectivity index (χ1n) is 19.1. The molecule has 0 radical (unpaired) electrons. The fourth-order valence-electron chi connectivity index (χ4n) is 6.22. The minimum atomic E-state index is -2.96. The van der Waals surface area contributed by atoms with Gasteiger partial charge in [0.05, 0.1) is 58.6 Å². The summed E-state index contributed by atoms with van der Waals surface area (Å²) in [5, 5.41) is 17.9. The molecule has 4 aromatic carbocycles. The molecule has 0 bridgehead atoms. The first-order chi connectivity index (χ1) is 28.4. The average molecular weight is 794 g/mol. The summed E-state index contributed by atoms with van der Waals surface area (Å²) in [6.07, 6.45) is 1.90. The Morgan fingerprint density at radius 3 is 1.53 bits per heavy atom. The number of aliphatic hydroxyl groups is 2. The quantitative estimate of drug-likeness (QED) is 0.0538. The highest BCUT2D eigenvalue weighted by Gasteiger charge is 2.30. The van der Waals surface area contributed by atoms with Crippen molar-refractivity contribution in [2.75, 3.05) is 66.1 Å². The molecule has 0 aliphatic carbocycles. The molecular formula is C44H46BF2N3O8. The van der Waals surface area contributed by atoms with Gasteiger partial charge < -0.3 is 43.1 Å². The van der Waals surface area contributed by atoms with Crippen molar-refractivity contribution < 1.29 is 47.3 Å². The predicted molar refractivity (Wildman–Crippen MR) is 222 cm³/mol. The number of aliphatic imine (C=N–C) groups is 2. The number of amidine groups is 1. The van der Waals surface area contributed by atoms with Crippen LogP contribution in [0.4, 0.5) is 14.4 Å². The summed E-state index contributed by atoms with van der Waals surface area (Å²) < 4.78 is 65.4. The zero-order valence-corrected chi connectivity index (χ0v) is 32.5. The third kappa shape index (κ3) is 10.8. The summed E-state index contributed by atoms with van der Waals surface area (Å²) in [5.74, 6) is 2.79. The molecule has 0 amide bonds. The van der Waals surface area contributed by atoms with Gasteiger partial charge in [0.2, 0.25) is 0 Å². The number of rotatable bonds is 22. The van der Waals surface area contributed by atoms with Gasteiger partial charge in [0.15, 0.2) is 5.84 Å². The molecule has 2 heterocycles. The van der Waals surface area contributed by atoms with Crippen molar-refractivity contribution in [2.24, 2.45) is 9.98 Å². The molecule has 0 spiro atoms. The molecule has 5 aromatic rings. The summed E-state index contributed by atoms with van der Waals surface area (Å²) in [6.45, 7) is 6.31. The van der Waals surface area contributed by atoms with E-state index in [1.165, 1.54) is 0 Å². The lowest BCUT2D eigenvalue weighted by molar-refractivity contribution is 0.0705. The van der Waals surface area contributed by atoms with Crippen molar-refractivity contribution in [3.8, 4) is 45.4 Å². The Bertz CT molecular complexity index is 2160. The molecule has 0 atom stereocenters. The smallest absolute Gasteiger partial charge is 0.494 e. The molecule has 11 nitrogen and oxygen atoms in total. The Morgan fingerprint density at radius 2 is 1.05 bits per heavy atom. The maximum absolute atomic E-state index is 15.5. The second kappa shape index (κ2) is 21.1. The second-order valence-electron chi connectivity index (χ2n) is 12.7. The van der Waals surface area contributed by atoms with E-state index in [9.17, 15) is 0 Å². The summed E-state index contributed by atoms with van der Waals surface area (Å²) >= 11 is 0. The van der Waals surface area contributed by atoms with Crippen LogP contribution in [-0.2, 0) is 9.47 Å². The fraction of sp³-hybridized carbons (Fsp3) is 0.273. The van der Waals surface area contributed by atoms with E-state index in [4.69, 9.17) is 48.6 Å². The van der Waals surface area contributed by atoms with Crippen LogP contribution in [0, 0.1) is 0 Å². The molecule has 2 N–H and O–H groups in total. The lowest BCUT2D eigenvalue weighted by Gasteiger charge is -2.12. The number of aromatic nitrogens is 1. The van der Waals surface area contributed by atoms with Gasteiger partial charge in [-0.25, -0.2) is 9.98 Å². The lowest BCUT2D eigenvalue weighted by atomic mass is 10.0. The zero-order chi connectivity index (χ0) is 40.7. The van der Waals surface area contributed by atoms with Crippen LogP contribution in [0.3, 0.4) is 0 Å². The normalized spacial score (nSPS) is 13.0. The Labute approximate surface area is 337 Å². The van der Waals surface area contributed by atoms with Crippen molar-refractivity contribution in [3.05, 3.63) is 120 Å². The van der Waals surface area contributed by atoms with Crippen molar-refractivity contribution in [1.29, 1.82) is 0 Å². The lowest BCUT2D eigenvalue weighted by Crippen LogP contribution is -2.14. The molecule has 1 aliphatic rings. The Morgan fingerprint density at radius 1 is 0.586 bits per heavy atom. The molecule has 58 heavy (non-hydrogen) atoms. The van der Waals surface area contributed by atoms with Gasteiger partial charge >= 0.3 is 7.40 Å². The van der Waals surface area contributed by atoms with E-state index in [0.717, 1.165) is 15.6 Å². The maximum atomic E-state index is 15.5. The van der Waals surface area contributed by atoms with Crippen molar-refractivity contribution in [1.82, 2.24) is 4.48 Å². The number of nitrogens with zero attached hydrogens (tertiary/aromatic N) is 3. The number of aliphatic hydroxyl groups excluding tert-OH is 2. The summed E-state index contributed by atoms with van der Waals surface area (Å²) in [4.78, 5) is 9.94. The standard InChI is InChI=1S/C44H46BF2N3O8/c1-3-55-35-17-9-33(10-18-35)41-29-39(31-5-13-37(14-6-31)57-27-25-53-23-21-51)43(48-41)49-44-40(32-7-15-38(16-8-32)58-28-26-54-24-22-52)30-42(50(44)45(46)47)34-11-19-36(20-12-34)56-4-2/h5-20,29-30,51-52H,3-4,21-28H2,1-2H3. The van der Waals surface area contributed by atoms with Crippen LogP contribution in [0.2, 0.25) is 0 Å². The molecule has 302 valence electrons. The number of benzene rings is 4. The fourth-order valence-corrected chi connectivity index (χ4v) is 6.22. The van der Waals surface area contributed by atoms with Crippen molar-refractivity contribution in [3.63, 3.8) is 0 Å². The Balaban J connectivity index is 1.44. The highest BCUT2D eigenvalue weighted by atomic mass is 19.2. The molecule has 1 aromatic heterocycles. The molecule has 0 unspecified atom stereocenters. The minimum Gasteiger partial charge on any atom is -0.494 e. The van der Waals surface area contributed by atoms with E-state index in [1.54, 1.807) is 54.6 Å². The van der Waals surface area contributed by atoms with Crippen LogP contribution in [0.1, 0.15) is 25.0 Å². The summed E-state index contributed by atoms with van der Waals surface area (Å²) in [5.41, 5.74) is 4.70. The van der Waals surface area contributed by atoms with Gasteiger partial charge in [-0.1, -0.05) is 24.3 Å². The zero-order valence-electron chi connectivity index (χ0n) is 32.5. The van der Waals surface area contributed by atoms with Crippen LogP contribution >= 0.6 is 0 Å². The molecule has 14 heteroatoms. The highest BCUT2D eigenvalue weighted by Crippen LogP contribution is 2.41. The van der Waals surface area contributed by atoms with E-state index in [1.807, 2.05) is 68.5 Å². The second-order valence-corrected chi connectivity index (χ2v) is 12.7. The van der Waals surface area contributed by atoms with E-state index in [2.05, 4.69) is 0 Å². The topological polar surface area (TPSA) is 125 Å². The minimum absolute atomic E-state index is 0.0189. The average Bonchev–Trinajstić information content (AvgIpc) is 3.84. The van der Waals surface area contributed by atoms with Crippen LogP contribution in [0.5, 0.6) is 23.0 Å². The van der Waals surface area contributed by atoms with Crippen LogP contribution in [0.25, 0.3) is 28.0 Å². The number of allylic oxidation sites excluding steroid dienone is 1. The molecule has 0 saturated carbocycles. The number of ether oxygens (including phenoxy) is 6. The van der Waals surface area contributed by atoms with E-state index >= 15 is 8.63 Å². The monoisotopic (exact) mass is 793 g/mol. The largest absolute Gasteiger partial charge is 0.679 e. The first-order valence-corrected chi connectivity index (χ1v) is 19.1. The predicted octanol–water partition coefficient (Wildman–Crippen LogP) is 7.78. The first kappa shape index (κ1) is 41.8. The van der Waals surface area contributed by atoms with Gasteiger partial charge in [0, 0.05) is 22.4 Å². The van der Waals surface area contributed by atoms with E-state index < -0.39 is 7.40 Å². The van der Waals surface area contributed by atoms with Crippen LogP contribution in [-0.4, -0.2) is 99.7 Å². The Kier molecular flexibility index (Phi) is 15.2. The van der Waals surface area contributed by atoms with Crippen molar-refractivity contribution >= 4 is 30.3 Å². The molecule has 0 fully saturated rings. The van der Waals surface area contributed by atoms with Gasteiger partial charge in [-0.15, -0.1) is 0 Å². The maximum Gasteiger partial charge on any atom is 0.679 e. The van der Waals surface area contributed by atoms with Gasteiger partial charge in [-0.05, 0) is 115 Å². The third-order valence-electron chi connectivity index (χ3n) is 8.88. The number of halogens is 2. The third-order valence-corrected chi connectivity index (χ3v) is 8.88. The van der Waals surface area contributed by atoms with Gasteiger partial charge in [-0.3, -0.25) is 8.63 Å². The number of hydrogen-bond acceptors (Lipinski definition) is 9. The summed E-state index contributed by atoms with van der Waals surface area (Å²) in [7, 11) is -2.96. The van der Waals surface area contributed by atoms with E-state index in [0.29, 0.717) is 84.0 Å². The van der Waals surface area contributed by atoms with Crippen molar-refractivity contribution in [2.45, 2.75) is 13.8 Å².